The third-order valence-electron chi connectivity index (χ3n) is 4.75. The molecule has 1 saturated carbocycles. The van der Waals surface area contributed by atoms with Gasteiger partial charge in [0.15, 0.2) is 0 Å². The second kappa shape index (κ2) is 6.07. The molecule has 0 radical (unpaired) electrons. The van der Waals surface area contributed by atoms with Crippen LogP contribution in [0.25, 0.3) is 0 Å². The molecule has 1 saturated heterocycles. The van der Waals surface area contributed by atoms with Crippen molar-refractivity contribution < 1.29 is 18.7 Å². The van der Waals surface area contributed by atoms with Crippen molar-refractivity contribution in [1.29, 1.82) is 0 Å². The molecule has 5 nitrogen and oxygen atoms in total. The summed E-state index contributed by atoms with van der Waals surface area (Å²) in [6, 6.07) is 0. The zero-order valence-electron chi connectivity index (χ0n) is 13.1. The molecule has 2 fully saturated rings. The predicted molar refractivity (Wildman–Crippen MR) is 82.5 cm³/mol. The summed E-state index contributed by atoms with van der Waals surface area (Å²) in [5, 5.41) is 12.9. The maximum Gasteiger partial charge on any atom is 0.352 e. The monoisotopic (exact) mass is 345 g/mol. The average Bonchev–Trinajstić information content (AvgIpc) is 2.89. The SMILES string of the molecule is Cc1nc(CN2CCN(C(=O)C(F)(F)C3(O)CCC3)CC2)cs1. The quantitative estimate of drug-likeness (QED) is 0.901. The van der Waals surface area contributed by atoms with E-state index in [2.05, 4.69) is 9.88 Å². The molecule has 0 atom stereocenters. The van der Waals surface area contributed by atoms with Gasteiger partial charge in [-0.25, -0.2) is 4.98 Å². The number of amides is 1. The highest BCUT2D eigenvalue weighted by atomic mass is 32.1. The van der Waals surface area contributed by atoms with E-state index in [0.717, 1.165) is 10.7 Å². The molecule has 23 heavy (non-hydrogen) atoms. The number of hydrogen-bond donors (Lipinski definition) is 1. The Kier molecular flexibility index (Phi) is 4.41. The van der Waals surface area contributed by atoms with Gasteiger partial charge in [-0.2, -0.15) is 8.78 Å². The summed E-state index contributed by atoms with van der Waals surface area (Å²) < 4.78 is 28.4. The van der Waals surface area contributed by atoms with Gasteiger partial charge < -0.3 is 10.0 Å². The van der Waals surface area contributed by atoms with Crippen LogP contribution in [0.1, 0.15) is 30.0 Å². The Hall–Kier alpha value is -1.12. The molecular formula is C15H21F2N3O2S. The van der Waals surface area contributed by atoms with E-state index in [9.17, 15) is 18.7 Å². The van der Waals surface area contributed by atoms with Crippen LogP contribution in [0.15, 0.2) is 5.38 Å². The van der Waals surface area contributed by atoms with Crippen molar-refractivity contribution in [3.8, 4) is 0 Å². The molecule has 8 heteroatoms. The first-order chi connectivity index (χ1) is 10.8. The van der Waals surface area contributed by atoms with E-state index in [1.165, 1.54) is 4.90 Å². The lowest BCUT2D eigenvalue weighted by molar-refractivity contribution is -0.224. The smallest absolute Gasteiger partial charge is 0.352 e. The lowest BCUT2D eigenvalue weighted by atomic mass is 9.75. The van der Waals surface area contributed by atoms with Crippen LogP contribution < -0.4 is 0 Å². The minimum Gasteiger partial charge on any atom is -0.383 e. The van der Waals surface area contributed by atoms with Crippen molar-refractivity contribution in [3.63, 3.8) is 0 Å². The molecule has 1 aromatic heterocycles. The molecule has 2 heterocycles. The molecule has 3 rings (SSSR count). The van der Waals surface area contributed by atoms with Crippen molar-refractivity contribution in [1.82, 2.24) is 14.8 Å². The second-order valence-corrected chi connectivity index (χ2v) is 7.45. The highest BCUT2D eigenvalue weighted by Crippen LogP contribution is 2.45. The maximum absolute atomic E-state index is 14.2. The molecule has 0 spiro atoms. The van der Waals surface area contributed by atoms with Gasteiger partial charge in [-0.3, -0.25) is 9.69 Å². The molecule has 1 aliphatic carbocycles. The largest absolute Gasteiger partial charge is 0.383 e. The van der Waals surface area contributed by atoms with Gasteiger partial charge in [-0.05, 0) is 26.2 Å². The molecule has 1 aromatic rings. The number of halogens is 2. The van der Waals surface area contributed by atoms with Gasteiger partial charge in [0.05, 0.1) is 10.7 Å². The van der Waals surface area contributed by atoms with E-state index in [-0.39, 0.29) is 25.9 Å². The van der Waals surface area contributed by atoms with Crippen LogP contribution in [0.4, 0.5) is 8.78 Å². The van der Waals surface area contributed by atoms with Crippen molar-refractivity contribution >= 4 is 17.2 Å². The van der Waals surface area contributed by atoms with Crippen molar-refractivity contribution in [2.24, 2.45) is 0 Å². The summed E-state index contributed by atoms with van der Waals surface area (Å²) >= 11 is 1.58. The van der Waals surface area contributed by atoms with Crippen LogP contribution in [-0.4, -0.2) is 63.5 Å². The highest BCUT2D eigenvalue weighted by Gasteiger charge is 2.62. The van der Waals surface area contributed by atoms with Gasteiger partial charge in [-0.15, -0.1) is 11.3 Å². The van der Waals surface area contributed by atoms with Gasteiger partial charge in [0.1, 0.15) is 5.60 Å². The maximum atomic E-state index is 14.2. The van der Waals surface area contributed by atoms with Crippen LogP contribution >= 0.6 is 11.3 Å². The Morgan fingerprint density at radius 3 is 2.52 bits per heavy atom. The third-order valence-corrected chi connectivity index (χ3v) is 5.57. The Morgan fingerprint density at radius 2 is 2.04 bits per heavy atom. The number of alkyl halides is 2. The standard InChI is InChI=1S/C15H21F2N3O2S/c1-11-18-12(10-23-11)9-19-5-7-20(8-6-19)13(21)15(16,17)14(22)3-2-4-14/h10,22H,2-9H2,1H3. The normalized spacial score (nSPS) is 22.0. The van der Waals surface area contributed by atoms with Gasteiger partial charge in [0, 0.05) is 38.1 Å². The van der Waals surface area contributed by atoms with E-state index < -0.39 is 17.4 Å². The summed E-state index contributed by atoms with van der Waals surface area (Å²) in [4.78, 5) is 19.8. The molecule has 0 unspecified atom stereocenters. The summed E-state index contributed by atoms with van der Waals surface area (Å²) in [5.74, 6) is -4.91. The first-order valence-electron chi connectivity index (χ1n) is 7.85. The molecule has 0 aromatic carbocycles. The highest BCUT2D eigenvalue weighted by molar-refractivity contribution is 7.09. The lowest BCUT2D eigenvalue weighted by Crippen LogP contribution is -2.63. The van der Waals surface area contributed by atoms with E-state index in [4.69, 9.17) is 0 Å². The Morgan fingerprint density at radius 1 is 1.39 bits per heavy atom. The first-order valence-corrected chi connectivity index (χ1v) is 8.73. The minimum atomic E-state index is -3.68. The zero-order chi connectivity index (χ0) is 16.7. The van der Waals surface area contributed by atoms with Crippen LogP contribution in [-0.2, 0) is 11.3 Å². The van der Waals surface area contributed by atoms with Crippen LogP contribution in [0, 0.1) is 6.92 Å². The van der Waals surface area contributed by atoms with E-state index in [0.29, 0.717) is 26.1 Å². The molecule has 0 bridgehead atoms. The predicted octanol–water partition coefficient (Wildman–Crippen LogP) is 1.65. The topological polar surface area (TPSA) is 56.7 Å². The number of aromatic nitrogens is 1. The van der Waals surface area contributed by atoms with Crippen LogP contribution in [0.2, 0.25) is 0 Å². The number of nitrogens with zero attached hydrogens (tertiary/aromatic N) is 3. The van der Waals surface area contributed by atoms with E-state index in [1.807, 2.05) is 12.3 Å². The van der Waals surface area contributed by atoms with Gasteiger partial charge in [0.2, 0.25) is 0 Å². The summed E-state index contributed by atoms with van der Waals surface area (Å²) in [6.45, 7) is 4.21. The molecular weight excluding hydrogens is 324 g/mol. The van der Waals surface area contributed by atoms with Crippen molar-refractivity contribution in [2.75, 3.05) is 26.2 Å². The Labute approximate surface area is 137 Å². The molecule has 128 valence electrons. The fourth-order valence-electron chi connectivity index (χ4n) is 3.04. The number of aliphatic hydroxyl groups is 1. The first kappa shape index (κ1) is 16.7. The Bertz CT molecular complexity index is 581. The molecule has 2 aliphatic rings. The third kappa shape index (κ3) is 3.12. The molecule has 1 N–H and O–H groups in total. The molecule has 1 amide bonds. The van der Waals surface area contributed by atoms with Gasteiger partial charge in [-0.1, -0.05) is 0 Å². The van der Waals surface area contributed by atoms with Crippen LogP contribution in [0.5, 0.6) is 0 Å². The fraction of sp³-hybridized carbons (Fsp3) is 0.733. The number of piperazine rings is 1. The number of rotatable bonds is 4. The molecule has 1 aliphatic heterocycles. The number of aryl methyl sites for hydroxylation is 1. The van der Waals surface area contributed by atoms with Crippen molar-refractivity contribution in [3.05, 3.63) is 16.1 Å². The minimum absolute atomic E-state index is 0.00508. The van der Waals surface area contributed by atoms with Gasteiger partial charge in [0.25, 0.3) is 5.91 Å². The van der Waals surface area contributed by atoms with Crippen LogP contribution in [0.3, 0.4) is 0 Å². The number of thiazole rings is 1. The summed E-state index contributed by atoms with van der Waals surface area (Å²) in [5.41, 5.74) is -1.17. The number of carbonyl (C=O) groups excluding carboxylic acids is 1. The fourth-order valence-corrected chi connectivity index (χ4v) is 3.65. The van der Waals surface area contributed by atoms with Gasteiger partial charge >= 0.3 is 5.92 Å². The zero-order valence-corrected chi connectivity index (χ0v) is 13.9. The lowest BCUT2D eigenvalue weighted by Gasteiger charge is -2.44. The summed E-state index contributed by atoms with van der Waals surface area (Å²) in [7, 11) is 0. The van der Waals surface area contributed by atoms with E-state index in [1.54, 1.807) is 11.3 Å². The Balaban J connectivity index is 1.55. The number of hydrogen-bond acceptors (Lipinski definition) is 5. The van der Waals surface area contributed by atoms with E-state index >= 15 is 0 Å². The number of carbonyl (C=O) groups is 1. The average molecular weight is 345 g/mol. The van der Waals surface area contributed by atoms with Crippen molar-refractivity contribution in [2.45, 2.75) is 44.3 Å². The second-order valence-electron chi connectivity index (χ2n) is 6.39. The summed E-state index contributed by atoms with van der Waals surface area (Å²) in [6.07, 6.45) is 0.532.